The molecule has 1 aliphatic heterocycles. The monoisotopic (exact) mass is 361 g/mol. The first kappa shape index (κ1) is 18.5. The van der Waals surface area contributed by atoms with Gasteiger partial charge in [-0.15, -0.1) is 0 Å². The smallest absolute Gasteiger partial charge is 0.336 e. The highest BCUT2D eigenvalue weighted by atomic mass is 35.5. The summed E-state index contributed by atoms with van der Waals surface area (Å²) in [6.45, 7) is 1.58. The van der Waals surface area contributed by atoms with Crippen LogP contribution in [-0.4, -0.2) is 30.4 Å². The van der Waals surface area contributed by atoms with E-state index in [0.29, 0.717) is 22.6 Å². The minimum Gasteiger partial charge on any atom is -0.478 e. The highest BCUT2D eigenvalue weighted by Gasteiger charge is 2.38. The normalized spacial score (nSPS) is 17.5. The number of aldehydes is 1. The zero-order chi connectivity index (χ0) is 18.6. The molecule has 0 fully saturated rings. The van der Waals surface area contributed by atoms with E-state index in [9.17, 15) is 19.5 Å². The number of hydrogen-bond donors (Lipinski definition) is 2. The molecule has 1 aromatic rings. The summed E-state index contributed by atoms with van der Waals surface area (Å²) in [5.41, 5.74) is 1.13. The Kier molecular flexibility index (Phi) is 5.77. The van der Waals surface area contributed by atoms with E-state index < -0.39 is 17.9 Å². The Morgan fingerprint density at radius 3 is 2.52 bits per heavy atom. The molecule has 130 valence electrons. The predicted molar refractivity (Wildman–Crippen MR) is 91.9 cm³/mol. The number of rotatable bonds is 5. The van der Waals surface area contributed by atoms with Crippen LogP contribution < -0.4 is 5.32 Å². The lowest BCUT2D eigenvalue weighted by Gasteiger charge is -2.30. The third-order valence-electron chi connectivity index (χ3n) is 3.79. The molecule has 0 radical (unpaired) electrons. The zero-order valence-corrected chi connectivity index (χ0v) is 14.3. The molecule has 2 rings (SSSR count). The Hall–Kier alpha value is -2.86. The van der Waals surface area contributed by atoms with Crippen molar-refractivity contribution in [3.63, 3.8) is 0 Å². The van der Waals surface area contributed by atoms with Crippen LogP contribution in [0.1, 0.15) is 18.4 Å². The van der Waals surface area contributed by atoms with Crippen LogP contribution in [0.15, 0.2) is 59.0 Å². The summed E-state index contributed by atoms with van der Waals surface area (Å²) in [6, 6.07) is 6.68. The summed E-state index contributed by atoms with van der Waals surface area (Å²) >= 11 is 6.26. The molecule has 0 saturated carbocycles. The van der Waals surface area contributed by atoms with Gasteiger partial charge in [0.15, 0.2) is 0 Å². The first-order chi connectivity index (χ1) is 11.9. The minimum absolute atomic E-state index is 0.0169. The van der Waals surface area contributed by atoms with Crippen LogP contribution in [0.4, 0.5) is 0 Å². The summed E-state index contributed by atoms with van der Waals surface area (Å²) in [7, 11) is 1.20. The van der Waals surface area contributed by atoms with Crippen LogP contribution >= 0.6 is 11.6 Å². The molecule has 1 unspecified atom stereocenters. The van der Waals surface area contributed by atoms with Gasteiger partial charge in [-0.3, -0.25) is 4.79 Å². The van der Waals surface area contributed by atoms with E-state index in [1.807, 2.05) is 0 Å². The van der Waals surface area contributed by atoms with Crippen molar-refractivity contribution in [2.75, 3.05) is 7.11 Å². The summed E-state index contributed by atoms with van der Waals surface area (Å²) < 4.78 is 4.84. The fraction of sp³-hybridized carbons (Fsp3) is 0.167. The number of ether oxygens (including phenoxy) is 1. The molecule has 0 aromatic heterocycles. The molecular weight excluding hydrogens is 346 g/mol. The van der Waals surface area contributed by atoms with Crippen LogP contribution in [0.5, 0.6) is 0 Å². The molecule has 6 nitrogen and oxygen atoms in total. The number of dihydropyridines is 1. The number of carboxylic acids is 1. The van der Waals surface area contributed by atoms with E-state index in [0.717, 1.165) is 0 Å². The minimum atomic E-state index is -1.19. The Morgan fingerprint density at radius 2 is 1.96 bits per heavy atom. The maximum Gasteiger partial charge on any atom is 0.336 e. The first-order valence-corrected chi connectivity index (χ1v) is 7.70. The zero-order valence-electron chi connectivity index (χ0n) is 13.6. The molecule has 25 heavy (non-hydrogen) atoms. The molecule has 1 aliphatic rings. The molecule has 0 bridgehead atoms. The first-order valence-electron chi connectivity index (χ1n) is 7.32. The number of allylic oxidation sites excluding steroid dienone is 3. The molecule has 2 N–H and O–H groups in total. The summed E-state index contributed by atoms with van der Waals surface area (Å²) in [5, 5.41) is 12.9. The van der Waals surface area contributed by atoms with Gasteiger partial charge < -0.3 is 15.2 Å². The lowest BCUT2D eigenvalue weighted by Crippen LogP contribution is -2.32. The molecule has 0 saturated heterocycles. The van der Waals surface area contributed by atoms with Gasteiger partial charge in [0.1, 0.15) is 6.29 Å². The predicted octanol–water partition coefficient (Wildman–Crippen LogP) is 2.57. The Bertz CT molecular complexity index is 823. The quantitative estimate of drug-likeness (QED) is 0.475. The van der Waals surface area contributed by atoms with Gasteiger partial charge in [0.05, 0.1) is 24.2 Å². The molecule has 0 amide bonds. The van der Waals surface area contributed by atoms with Crippen LogP contribution in [0.3, 0.4) is 0 Å². The van der Waals surface area contributed by atoms with E-state index >= 15 is 0 Å². The van der Waals surface area contributed by atoms with Gasteiger partial charge >= 0.3 is 11.9 Å². The van der Waals surface area contributed by atoms with Crippen LogP contribution in [-0.2, 0) is 19.1 Å². The second-order valence-corrected chi connectivity index (χ2v) is 5.64. The summed E-state index contributed by atoms with van der Waals surface area (Å²) in [4.78, 5) is 34.9. The van der Waals surface area contributed by atoms with Crippen LogP contribution in [0, 0.1) is 0 Å². The molecule has 7 heteroatoms. The second-order valence-electron chi connectivity index (χ2n) is 5.24. The molecular formula is C18H16ClNO5. The van der Waals surface area contributed by atoms with Crippen molar-refractivity contribution >= 4 is 29.8 Å². The van der Waals surface area contributed by atoms with Gasteiger partial charge in [-0.05, 0) is 30.7 Å². The van der Waals surface area contributed by atoms with Crippen LogP contribution in [0.25, 0.3) is 0 Å². The van der Waals surface area contributed by atoms with E-state index in [2.05, 4.69) is 5.32 Å². The molecule has 1 aromatic carbocycles. The Morgan fingerprint density at radius 1 is 1.28 bits per heavy atom. The molecule has 0 spiro atoms. The second kappa shape index (κ2) is 7.81. The third-order valence-corrected chi connectivity index (χ3v) is 4.13. The van der Waals surface area contributed by atoms with E-state index in [4.69, 9.17) is 16.3 Å². The number of hydrogen-bond acceptors (Lipinski definition) is 5. The van der Waals surface area contributed by atoms with Crippen LogP contribution in [0.2, 0.25) is 5.02 Å². The highest BCUT2D eigenvalue weighted by molar-refractivity contribution is 6.31. The lowest BCUT2D eigenvalue weighted by atomic mass is 9.80. The van der Waals surface area contributed by atoms with E-state index in [1.54, 1.807) is 31.2 Å². The number of aliphatic carboxylic acids is 1. The fourth-order valence-electron chi connectivity index (χ4n) is 2.76. The third kappa shape index (κ3) is 3.64. The topological polar surface area (TPSA) is 92.7 Å². The number of benzene rings is 1. The van der Waals surface area contributed by atoms with Crippen molar-refractivity contribution in [1.82, 2.24) is 5.32 Å². The number of carbonyl (C=O) groups excluding carboxylic acids is 2. The van der Waals surface area contributed by atoms with Gasteiger partial charge in [-0.25, -0.2) is 9.59 Å². The van der Waals surface area contributed by atoms with E-state index in [1.165, 1.54) is 19.3 Å². The maximum absolute atomic E-state index is 12.4. The summed E-state index contributed by atoms with van der Waals surface area (Å²) in [5.74, 6) is -2.84. The van der Waals surface area contributed by atoms with Gasteiger partial charge in [0, 0.05) is 16.4 Å². The average Bonchev–Trinajstić information content (AvgIpc) is 2.58. The molecule has 1 atom stereocenters. The summed E-state index contributed by atoms with van der Waals surface area (Å²) in [6.07, 6.45) is 3.15. The highest BCUT2D eigenvalue weighted by Crippen LogP contribution is 2.41. The van der Waals surface area contributed by atoms with Crippen molar-refractivity contribution in [2.45, 2.75) is 12.8 Å². The largest absolute Gasteiger partial charge is 0.478 e. The Balaban J connectivity index is 2.81. The van der Waals surface area contributed by atoms with Gasteiger partial charge in [0.25, 0.3) is 0 Å². The van der Waals surface area contributed by atoms with Crippen molar-refractivity contribution < 1.29 is 24.2 Å². The SMILES string of the molecule is COC(=O)C1=C(C=CC=O)NC(C)=C(C(=O)O)C1c1ccccc1Cl. The maximum atomic E-state index is 12.4. The fourth-order valence-corrected chi connectivity index (χ4v) is 3.01. The van der Waals surface area contributed by atoms with Crippen molar-refractivity contribution in [3.05, 3.63) is 69.5 Å². The number of halogens is 1. The average molecular weight is 362 g/mol. The van der Waals surface area contributed by atoms with Gasteiger partial charge in [-0.2, -0.15) is 0 Å². The number of esters is 1. The number of methoxy groups -OCH3 is 1. The Labute approximate surface area is 149 Å². The standard InChI is InChI=1S/C18H16ClNO5/c1-10-14(17(22)23)15(11-6-3-4-7-12(11)19)16(18(24)25-2)13(20-10)8-5-9-21/h3-9,15,20H,1-2H3,(H,22,23). The van der Waals surface area contributed by atoms with E-state index in [-0.39, 0.29) is 16.8 Å². The van der Waals surface area contributed by atoms with Crippen molar-refractivity contribution in [2.24, 2.45) is 0 Å². The number of carboxylic acid groups (broad SMARTS) is 1. The number of carbonyl (C=O) groups is 3. The molecule has 0 aliphatic carbocycles. The van der Waals surface area contributed by atoms with Crippen molar-refractivity contribution in [1.29, 1.82) is 0 Å². The number of nitrogens with one attached hydrogen (secondary N) is 1. The van der Waals surface area contributed by atoms with Gasteiger partial charge in [0.2, 0.25) is 0 Å². The molecule has 1 heterocycles. The van der Waals surface area contributed by atoms with Gasteiger partial charge in [-0.1, -0.05) is 29.8 Å². The van der Waals surface area contributed by atoms with Crippen molar-refractivity contribution in [3.8, 4) is 0 Å². The lowest BCUT2D eigenvalue weighted by molar-refractivity contribution is -0.136.